The van der Waals surface area contributed by atoms with E-state index < -0.39 is 10.8 Å². The van der Waals surface area contributed by atoms with Crippen molar-refractivity contribution in [2.45, 2.75) is 86.0 Å². The van der Waals surface area contributed by atoms with Gasteiger partial charge >= 0.3 is 0 Å². The van der Waals surface area contributed by atoms with Crippen LogP contribution in [0.1, 0.15) is 86.0 Å². The Labute approximate surface area is 170 Å². The van der Waals surface area contributed by atoms with Crippen LogP contribution in [0.25, 0.3) is 0 Å². The second-order valence-corrected chi connectivity index (χ2v) is 9.08. The van der Waals surface area contributed by atoms with Gasteiger partial charge in [-0.1, -0.05) is 46.6 Å². The third-order valence-electron chi connectivity index (χ3n) is 4.76. The summed E-state index contributed by atoms with van der Waals surface area (Å²) in [6.07, 6.45) is 20.4. The van der Waals surface area contributed by atoms with Gasteiger partial charge in [0.1, 0.15) is 0 Å². The first kappa shape index (κ1) is 23.6. The summed E-state index contributed by atoms with van der Waals surface area (Å²) in [5, 5.41) is 3.62. The molecule has 0 spiro atoms. The number of rotatable bonds is 12. The second-order valence-electron chi connectivity index (χ2n) is 7.91. The number of allylic oxidation sites excluding steroid dienone is 10. The Hall–Kier alpha value is -1.41. The first-order valence-electron chi connectivity index (χ1n) is 10.3. The summed E-state index contributed by atoms with van der Waals surface area (Å²) in [6, 6.07) is 0. The van der Waals surface area contributed by atoms with Gasteiger partial charge in [-0.25, -0.2) is 0 Å². The molecule has 0 bridgehead atoms. The molecule has 0 aromatic heterocycles. The molecule has 0 aromatic rings. The lowest BCUT2D eigenvalue weighted by Gasteiger charge is -2.03. The van der Waals surface area contributed by atoms with Crippen LogP contribution in [0.15, 0.2) is 69.1 Å². The van der Waals surface area contributed by atoms with E-state index in [9.17, 15) is 4.21 Å². The molecule has 1 atom stereocenters. The molecule has 150 valence electrons. The summed E-state index contributed by atoms with van der Waals surface area (Å²) in [5.41, 5.74) is 7.08. The lowest BCUT2D eigenvalue weighted by molar-refractivity contribution is 0.693. The highest BCUT2D eigenvalue weighted by molar-refractivity contribution is 7.91. The molecule has 1 rings (SSSR count). The third-order valence-corrected chi connectivity index (χ3v) is 5.70. The molecular weight excluding hydrogens is 348 g/mol. The predicted octanol–water partition coefficient (Wildman–Crippen LogP) is 8.07. The maximum absolute atomic E-state index is 11.3. The smallest absolute Gasteiger partial charge is 0.0705 e. The van der Waals surface area contributed by atoms with E-state index in [-0.39, 0.29) is 0 Å². The maximum Gasteiger partial charge on any atom is 0.0705 e. The maximum atomic E-state index is 11.3. The molecule has 1 aliphatic heterocycles. The lowest BCUT2D eigenvalue weighted by atomic mass is 10.0. The van der Waals surface area contributed by atoms with Crippen LogP contribution in [0.2, 0.25) is 0 Å². The van der Waals surface area contributed by atoms with E-state index in [1.807, 2.05) is 11.5 Å². The standard InChI is InChI=1S/C25H38OS/c1-21(2)10-6-11-22(3)12-7-13-23(4)14-8-15-24(5)16-9-17-25-18-19-27(26)20-25/h10,12,14,16,18-20H,6-9,11,13,15,17H2,1-5H3/b22-12+,23-14+,24-16+. The fraction of sp³-hybridized carbons (Fsp3) is 0.520. The van der Waals surface area contributed by atoms with Gasteiger partial charge in [0.15, 0.2) is 0 Å². The van der Waals surface area contributed by atoms with Gasteiger partial charge in [-0.15, -0.1) is 0 Å². The van der Waals surface area contributed by atoms with E-state index in [0.29, 0.717) is 0 Å². The Balaban J connectivity index is 2.20. The van der Waals surface area contributed by atoms with E-state index in [1.165, 1.54) is 40.7 Å². The first-order chi connectivity index (χ1) is 12.9. The molecule has 0 fully saturated rings. The van der Waals surface area contributed by atoms with Crippen LogP contribution in [0.3, 0.4) is 0 Å². The van der Waals surface area contributed by atoms with Crippen molar-refractivity contribution in [3.63, 3.8) is 0 Å². The van der Waals surface area contributed by atoms with E-state index in [4.69, 9.17) is 0 Å². The van der Waals surface area contributed by atoms with Crippen molar-refractivity contribution < 1.29 is 4.21 Å². The van der Waals surface area contributed by atoms with Crippen LogP contribution in [0.4, 0.5) is 0 Å². The summed E-state index contributed by atoms with van der Waals surface area (Å²) < 4.78 is 11.3. The first-order valence-corrected chi connectivity index (χ1v) is 11.5. The van der Waals surface area contributed by atoms with Crippen molar-refractivity contribution in [2.24, 2.45) is 0 Å². The molecule has 0 aromatic carbocycles. The van der Waals surface area contributed by atoms with Gasteiger partial charge in [0.2, 0.25) is 0 Å². The Morgan fingerprint density at radius 3 is 1.70 bits per heavy atom. The molecule has 0 radical (unpaired) electrons. The SMILES string of the molecule is CC(C)=CCC/C(C)=C/CC/C(C)=C/CC/C(C)=C/CCC1=CS(=O)C=C1. The molecule has 1 unspecified atom stereocenters. The van der Waals surface area contributed by atoms with Crippen LogP contribution in [-0.4, -0.2) is 4.21 Å². The molecule has 0 saturated heterocycles. The van der Waals surface area contributed by atoms with Crippen molar-refractivity contribution in [3.8, 4) is 0 Å². The molecule has 0 N–H and O–H groups in total. The van der Waals surface area contributed by atoms with Crippen molar-refractivity contribution in [1.29, 1.82) is 0 Å². The molecular formula is C25H38OS. The Kier molecular flexibility index (Phi) is 12.0. The van der Waals surface area contributed by atoms with Gasteiger partial charge in [-0.3, -0.25) is 4.21 Å². The minimum Gasteiger partial charge on any atom is -0.250 e. The minimum absolute atomic E-state index is 0.865. The van der Waals surface area contributed by atoms with Crippen LogP contribution in [-0.2, 0) is 10.8 Å². The highest BCUT2D eigenvalue weighted by Gasteiger charge is 2.02. The molecule has 0 amide bonds. The molecule has 0 saturated carbocycles. The third kappa shape index (κ3) is 12.6. The average molecular weight is 387 g/mol. The van der Waals surface area contributed by atoms with E-state index in [0.717, 1.165) is 38.5 Å². The van der Waals surface area contributed by atoms with Gasteiger partial charge in [0, 0.05) is 10.8 Å². The molecule has 2 heteroatoms. The molecule has 27 heavy (non-hydrogen) atoms. The largest absolute Gasteiger partial charge is 0.250 e. The van der Waals surface area contributed by atoms with Crippen molar-refractivity contribution in [3.05, 3.63) is 69.1 Å². The topological polar surface area (TPSA) is 17.1 Å². The zero-order valence-corrected chi connectivity index (χ0v) is 18.8. The Bertz CT molecular complexity index is 664. The van der Waals surface area contributed by atoms with E-state index in [1.54, 1.807) is 5.41 Å². The molecule has 0 aliphatic carbocycles. The van der Waals surface area contributed by atoms with Crippen molar-refractivity contribution >= 4 is 10.8 Å². The van der Waals surface area contributed by atoms with Gasteiger partial charge in [-0.2, -0.15) is 0 Å². The second kappa shape index (κ2) is 13.7. The molecule has 1 nitrogen and oxygen atoms in total. The van der Waals surface area contributed by atoms with Crippen LogP contribution in [0.5, 0.6) is 0 Å². The lowest BCUT2D eigenvalue weighted by Crippen LogP contribution is -1.83. The van der Waals surface area contributed by atoms with Gasteiger partial charge in [-0.05, 0) is 97.6 Å². The summed E-state index contributed by atoms with van der Waals surface area (Å²) >= 11 is 0. The fourth-order valence-corrected chi connectivity index (χ4v) is 3.88. The Morgan fingerprint density at radius 1 is 0.778 bits per heavy atom. The van der Waals surface area contributed by atoms with Gasteiger partial charge in [0.25, 0.3) is 0 Å². The highest BCUT2D eigenvalue weighted by atomic mass is 32.2. The van der Waals surface area contributed by atoms with E-state index in [2.05, 4.69) is 58.9 Å². The van der Waals surface area contributed by atoms with Crippen molar-refractivity contribution in [1.82, 2.24) is 0 Å². The van der Waals surface area contributed by atoms with Crippen molar-refractivity contribution in [2.75, 3.05) is 0 Å². The quantitative estimate of drug-likeness (QED) is 0.310. The van der Waals surface area contributed by atoms with Crippen LogP contribution < -0.4 is 0 Å². The predicted molar refractivity (Wildman–Crippen MR) is 123 cm³/mol. The summed E-state index contributed by atoms with van der Waals surface area (Å²) in [4.78, 5) is 0. The summed E-state index contributed by atoms with van der Waals surface area (Å²) in [7, 11) is -0.865. The van der Waals surface area contributed by atoms with Gasteiger partial charge in [0.05, 0.1) is 10.8 Å². The van der Waals surface area contributed by atoms with E-state index >= 15 is 0 Å². The zero-order chi connectivity index (χ0) is 20.1. The molecule has 1 heterocycles. The number of hydrogen-bond donors (Lipinski definition) is 0. The van der Waals surface area contributed by atoms with Gasteiger partial charge < -0.3 is 0 Å². The summed E-state index contributed by atoms with van der Waals surface area (Å²) in [5.74, 6) is 0. The number of hydrogen-bond acceptors (Lipinski definition) is 1. The zero-order valence-electron chi connectivity index (χ0n) is 18.0. The Morgan fingerprint density at radius 2 is 1.26 bits per heavy atom. The highest BCUT2D eigenvalue weighted by Crippen LogP contribution is 2.17. The molecule has 1 aliphatic rings. The normalized spacial score (nSPS) is 18.0. The minimum atomic E-state index is -0.865. The fourth-order valence-electron chi connectivity index (χ4n) is 3.00. The summed E-state index contributed by atoms with van der Waals surface area (Å²) in [6.45, 7) is 11.1. The average Bonchev–Trinajstić information content (AvgIpc) is 3.00. The monoisotopic (exact) mass is 386 g/mol. The van der Waals surface area contributed by atoms with Crippen LogP contribution in [0, 0.1) is 0 Å². The van der Waals surface area contributed by atoms with Crippen LogP contribution >= 0.6 is 0 Å².